The molecule has 2 fully saturated rings. The number of carbonyl (C=O) groups is 3. The smallest absolute Gasteiger partial charge is 0.305 e. The van der Waals surface area contributed by atoms with E-state index in [0.717, 1.165) is 19.3 Å². The molecule has 6 heteroatoms. The largest absolute Gasteiger partial charge is 0.481 e. The summed E-state index contributed by atoms with van der Waals surface area (Å²) in [7, 11) is 1.70. The molecule has 0 bridgehead atoms. The molecular weight excluding hydrogens is 308 g/mol. The van der Waals surface area contributed by atoms with Gasteiger partial charge in [0.05, 0.1) is 17.7 Å². The molecule has 1 unspecified atom stereocenters. The minimum atomic E-state index is -0.894. The third-order valence-corrected chi connectivity index (χ3v) is 4.80. The van der Waals surface area contributed by atoms with Crippen molar-refractivity contribution in [3.8, 4) is 0 Å². The van der Waals surface area contributed by atoms with Crippen molar-refractivity contribution >= 4 is 23.5 Å². The molecule has 1 aromatic carbocycles. The number of benzene rings is 1. The summed E-state index contributed by atoms with van der Waals surface area (Å²) in [6, 6.07) is 6.79. The first kappa shape index (κ1) is 16.5. The van der Waals surface area contributed by atoms with Crippen LogP contribution in [-0.2, 0) is 9.59 Å². The van der Waals surface area contributed by atoms with Gasteiger partial charge in [-0.3, -0.25) is 14.4 Å². The molecule has 0 spiro atoms. The summed E-state index contributed by atoms with van der Waals surface area (Å²) in [6.07, 6.45) is 3.29. The van der Waals surface area contributed by atoms with Crippen LogP contribution in [-0.4, -0.2) is 47.4 Å². The van der Waals surface area contributed by atoms with Crippen LogP contribution in [0.3, 0.4) is 0 Å². The van der Waals surface area contributed by atoms with E-state index >= 15 is 0 Å². The second-order valence-corrected chi connectivity index (χ2v) is 6.58. The number of hydrogen-bond acceptors (Lipinski definition) is 3. The van der Waals surface area contributed by atoms with Crippen molar-refractivity contribution in [1.82, 2.24) is 4.90 Å². The Bertz CT molecular complexity index is 669. The molecule has 2 amide bonds. The molecule has 0 aromatic heterocycles. The molecule has 1 aliphatic heterocycles. The van der Waals surface area contributed by atoms with Gasteiger partial charge in [0.15, 0.2) is 0 Å². The van der Waals surface area contributed by atoms with Gasteiger partial charge in [0, 0.05) is 25.6 Å². The Labute approximate surface area is 141 Å². The van der Waals surface area contributed by atoms with Crippen molar-refractivity contribution < 1.29 is 19.5 Å². The van der Waals surface area contributed by atoms with Crippen LogP contribution in [0.1, 0.15) is 42.5 Å². The summed E-state index contributed by atoms with van der Waals surface area (Å²) in [5.41, 5.74) is 1.06. The molecule has 1 aromatic rings. The van der Waals surface area contributed by atoms with E-state index in [4.69, 9.17) is 5.11 Å². The van der Waals surface area contributed by atoms with Gasteiger partial charge in [-0.15, -0.1) is 0 Å². The lowest BCUT2D eigenvalue weighted by atomic mass is 10.1. The first-order chi connectivity index (χ1) is 11.5. The molecule has 0 radical (unpaired) electrons. The molecule has 6 nitrogen and oxygen atoms in total. The number of aliphatic carboxylic acids is 1. The van der Waals surface area contributed by atoms with Gasteiger partial charge in [0.2, 0.25) is 5.91 Å². The molecule has 1 aliphatic carbocycles. The summed E-state index contributed by atoms with van der Waals surface area (Å²) >= 11 is 0. The molecule has 3 rings (SSSR count). The average Bonchev–Trinajstić information content (AvgIpc) is 3.32. The normalized spacial score (nSPS) is 20.0. The van der Waals surface area contributed by atoms with E-state index in [0.29, 0.717) is 24.2 Å². The van der Waals surface area contributed by atoms with Crippen molar-refractivity contribution in [2.24, 2.45) is 5.92 Å². The van der Waals surface area contributed by atoms with Gasteiger partial charge in [-0.25, -0.2) is 0 Å². The molecule has 1 saturated carbocycles. The molecule has 2 aliphatic rings. The minimum Gasteiger partial charge on any atom is -0.481 e. The van der Waals surface area contributed by atoms with E-state index in [-0.39, 0.29) is 30.2 Å². The number of carbonyl (C=O) groups excluding carboxylic acids is 2. The maximum absolute atomic E-state index is 13.0. The van der Waals surface area contributed by atoms with Crippen LogP contribution in [0, 0.1) is 5.92 Å². The number of hydrogen-bond donors (Lipinski definition) is 1. The number of carboxylic acids is 1. The second-order valence-electron chi connectivity index (χ2n) is 6.58. The summed E-state index contributed by atoms with van der Waals surface area (Å²) in [5.74, 6) is -0.970. The molecule has 128 valence electrons. The maximum Gasteiger partial charge on any atom is 0.305 e. The third-order valence-electron chi connectivity index (χ3n) is 4.80. The predicted molar refractivity (Wildman–Crippen MR) is 88.9 cm³/mol. The fourth-order valence-corrected chi connectivity index (χ4v) is 3.34. The number of rotatable bonds is 5. The number of carboxylic acid groups (broad SMARTS) is 1. The molecule has 1 heterocycles. The van der Waals surface area contributed by atoms with E-state index in [1.807, 2.05) is 6.07 Å². The molecular formula is C18H22N2O4. The zero-order valence-electron chi connectivity index (χ0n) is 13.8. The maximum atomic E-state index is 13.0. The van der Waals surface area contributed by atoms with E-state index in [1.54, 1.807) is 35.0 Å². The van der Waals surface area contributed by atoms with Crippen molar-refractivity contribution in [2.75, 3.05) is 18.5 Å². The van der Waals surface area contributed by atoms with Gasteiger partial charge in [-0.05, 0) is 37.8 Å². The van der Waals surface area contributed by atoms with E-state index in [9.17, 15) is 14.4 Å². The summed E-state index contributed by atoms with van der Waals surface area (Å²) < 4.78 is 0. The predicted octanol–water partition coefficient (Wildman–Crippen LogP) is 2.14. The topological polar surface area (TPSA) is 77.9 Å². The zero-order valence-corrected chi connectivity index (χ0v) is 13.8. The molecule has 24 heavy (non-hydrogen) atoms. The van der Waals surface area contributed by atoms with Crippen LogP contribution in [0.2, 0.25) is 0 Å². The zero-order chi connectivity index (χ0) is 17.3. The molecule has 1 saturated heterocycles. The lowest BCUT2D eigenvalue weighted by Gasteiger charge is -2.26. The quantitative estimate of drug-likeness (QED) is 0.897. The van der Waals surface area contributed by atoms with Crippen LogP contribution in [0.5, 0.6) is 0 Å². The highest BCUT2D eigenvalue weighted by Gasteiger charge is 2.35. The van der Waals surface area contributed by atoms with Crippen molar-refractivity contribution in [3.05, 3.63) is 29.8 Å². The van der Waals surface area contributed by atoms with Crippen LogP contribution in [0.15, 0.2) is 24.3 Å². The van der Waals surface area contributed by atoms with E-state index in [2.05, 4.69) is 0 Å². The lowest BCUT2D eigenvalue weighted by molar-refractivity contribution is -0.138. The fourth-order valence-electron chi connectivity index (χ4n) is 3.34. The Morgan fingerprint density at radius 2 is 1.92 bits per heavy atom. The van der Waals surface area contributed by atoms with Gasteiger partial charge >= 0.3 is 5.97 Å². The molecule has 1 N–H and O–H groups in total. The minimum absolute atomic E-state index is 0.0370. The van der Waals surface area contributed by atoms with E-state index in [1.165, 1.54) is 0 Å². The number of nitrogens with zero attached hydrogens (tertiary/aromatic N) is 2. The van der Waals surface area contributed by atoms with E-state index < -0.39 is 5.97 Å². The number of anilines is 1. The van der Waals surface area contributed by atoms with Crippen LogP contribution in [0.4, 0.5) is 5.69 Å². The SMILES string of the molecule is CN(C(=O)C1CC1)c1ccccc1C(=O)N1CCCC1CC(=O)O. The van der Waals surface area contributed by atoms with Crippen LogP contribution < -0.4 is 4.90 Å². The van der Waals surface area contributed by atoms with Crippen molar-refractivity contribution in [1.29, 1.82) is 0 Å². The highest BCUT2D eigenvalue weighted by atomic mass is 16.4. The summed E-state index contributed by atoms with van der Waals surface area (Å²) in [4.78, 5) is 39.5. The van der Waals surface area contributed by atoms with Gasteiger partial charge in [0.1, 0.15) is 0 Å². The fraction of sp³-hybridized carbons (Fsp3) is 0.500. The van der Waals surface area contributed by atoms with Crippen molar-refractivity contribution in [2.45, 2.75) is 38.1 Å². The Hall–Kier alpha value is -2.37. The Morgan fingerprint density at radius 1 is 1.21 bits per heavy atom. The third kappa shape index (κ3) is 3.27. The Morgan fingerprint density at radius 3 is 2.58 bits per heavy atom. The number of amides is 2. The van der Waals surface area contributed by atoms with Crippen LogP contribution in [0.25, 0.3) is 0 Å². The second kappa shape index (κ2) is 6.63. The van der Waals surface area contributed by atoms with Gasteiger partial charge < -0.3 is 14.9 Å². The lowest BCUT2D eigenvalue weighted by Crippen LogP contribution is -2.38. The highest BCUT2D eigenvalue weighted by molar-refractivity contribution is 6.05. The first-order valence-corrected chi connectivity index (χ1v) is 8.38. The first-order valence-electron chi connectivity index (χ1n) is 8.38. The average molecular weight is 330 g/mol. The number of likely N-dealkylation sites (tertiary alicyclic amines) is 1. The van der Waals surface area contributed by atoms with Crippen LogP contribution >= 0.6 is 0 Å². The van der Waals surface area contributed by atoms with Crippen molar-refractivity contribution in [3.63, 3.8) is 0 Å². The van der Waals surface area contributed by atoms with Gasteiger partial charge in [-0.2, -0.15) is 0 Å². The summed E-state index contributed by atoms with van der Waals surface area (Å²) in [6.45, 7) is 0.561. The Kier molecular flexibility index (Phi) is 4.55. The van der Waals surface area contributed by atoms with Gasteiger partial charge in [-0.1, -0.05) is 12.1 Å². The molecule has 1 atom stereocenters. The highest BCUT2D eigenvalue weighted by Crippen LogP contribution is 2.34. The Balaban J connectivity index is 1.84. The monoisotopic (exact) mass is 330 g/mol. The summed E-state index contributed by atoms with van der Waals surface area (Å²) in [5, 5.41) is 9.04. The van der Waals surface area contributed by atoms with Gasteiger partial charge in [0.25, 0.3) is 5.91 Å². The standard InChI is InChI=1S/C18H22N2O4/c1-19(17(23)12-8-9-12)15-7-3-2-6-14(15)18(24)20-10-4-5-13(20)11-16(21)22/h2-3,6-7,12-13H,4-5,8-11H2,1H3,(H,21,22). The number of para-hydroxylation sites is 1.